The van der Waals surface area contributed by atoms with Gasteiger partial charge in [-0.2, -0.15) is 5.10 Å². The molecule has 2 N–H and O–H groups in total. The molecule has 2 heterocycles. The molecule has 16 heavy (non-hydrogen) atoms. The third-order valence-corrected chi connectivity index (χ3v) is 3.35. The molecule has 90 valence electrons. The van der Waals surface area contributed by atoms with Crippen LogP contribution in [-0.4, -0.2) is 36.5 Å². The number of aromatic nitrogens is 2. The molecular weight excluding hydrogens is 200 g/mol. The monoisotopic (exact) mass is 222 g/mol. The van der Waals surface area contributed by atoms with Crippen LogP contribution in [-0.2, 0) is 0 Å². The fourth-order valence-corrected chi connectivity index (χ4v) is 2.29. The van der Waals surface area contributed by atoms with Crippen molar-refractivity contribution in [3.05, 3.63) is 18.0 Å². The Bertz CT molecular complexity index is 315. The number of nitrogens with one attached hydrogen (secondary N) is 2. The van der Waals surface area contributed by atoms with Crippen LogP contribution >= 0.6 is 0 Å². The van der Waals surface area contributed by atoms with E-state index in [1.54, 1.807) is 0 Å². The van der Waals surface area contributed by atoms with E-state index < -0.39 is 0 Å². The van der Waals surface area contributed by atoms with E-state index in [4.69, 9.17) is 0 Å². The predicted molar refractivity (Wildman–Crippen MR) is 65.7 cm³/mol. The van der Waals surface area contributed by atoms with Gasteiger partial charge in [0.1, 0.15) is 0 Å². The first kappa shape index (κ1) is 11.6. The summed E-state index contributed by atoms with van der Waals surface area (Å²) in [5.74, 6) is 0.537. The lowest BCUT2D eigenvalue weighted by molar-refractivity contribution is 0.346. The molecule has 1 saturated heterocycles. The van der Waals surface area contributed by atoms with Gasteiger partial charge < -0.3 is 10.6 Å². The molecule has 2 atom stereocenters. The summed E-state index contributed by atoms with van der Waals surface area (Å²) in [6.45, 7) is 5.45. The van der Waals surface area contributed by atoms with E-state index in [9.17, 15) is 0 Å². The minimum atomic E-state index is 0.537. The molecule has 0 bridgehead atoms. The average molecular weight is 222 g/mol. The fourth-order valence-electron chi connectivity index (χ4n) is 2.29. The highest BCUT2D eigenvalue weighted by Gasteiger charge is 2.16. The lowest BCUT2D eigenvalue weighted by atomic mass is 10.1. The van der Waals surface area contributed by atoms with E-state index in [0.717, 1.165) is 19.6 Å². The first-order valence-corrected chi connectivity index (χ1v) is 6.20. The summed E-state index contributed by atoms with van der Waals surface area (Å²) >= 11 is 0. The molecule has 1 fully saturated rings. The van der Waals surface area contributed by atoms with Crippen LogP contribution in [0.1, 0.15) is 37.3 Å². The zero-order valence-corrected chi connectivity index (χ0v) is 10.2. The molecule has 1 aromatic heterocycles. The minimum absolute atomic E-state index is 0.537. The van der Waals surface area contributed by atoms with Gasteiger partial charge in [0, 0.05) is 19.3 Å². The van der Waals surface area contributed by atoms with Crippen molar-refractivity contribution < 1.29 is 0 Å². The molecule has 0 spiro atoms. The Labute approximate surface area is 97.4 Å². The molecular formula is C12H22N4. The highest BCUT2D eigenvalue weighted by molar-refractivity contribution is 5.11. The van der Waals surface area contributed by atoms with Crippen molar-refractivity contribution in [3.8, 4) is 0 Å². The SMILES string of the molecule is CNCC(C)c1cnn(C2CCCNC2)c1. The Kier molecular flexibility index (Phi) is 3.96. The predicted octanol–water partition coefficient (Wildman–Crippen LogP) is 1.13. The third-order valence-electron chi connectivity index (χ3n) is 3.35. The minimum Gasteiger partial charge on any atom is -0.319 e. The number of nitrogens with zero attached hydrogens (tertiary/aromatic N) is 2. The topological polar surface area (TPSA) is 41.9 Å². The van der Waals surface area contributed by atoms with Crippen molar-refractivity contribution in [2.24, 2.45) is 0 Å². The zero-order valence-electron chi connectivity index (χ0n) is 10.2. The standard InChI is InChI=1S/C12H22N4/c1-10(6-13-2)11-7-15-16(9-11)12-4-3-5-14-8-12/h7,9-10,12-14H,3-6,8H2,1-2H3. The van der Waals surface area contributed by atoms with Gasteiger partial charge in [-0.1, -0.05) is 6.92 Å². The maximum absolute atomic E-state index is 4.49. The van der Waals surface area contributed by atoms with E-state index in [0.29, 0.717) is 12.0 Å². The van der Waals surface area contributed by atoms with E-state index in [-0.39, 0.29) is 0 Å². The Morgan fingerprint density at radius 3 is 3.25 bits per heavy atom. The fraction of sp³-hybridized carbons (Fsp3) is 0.750. The maximum Gasteiger partial charge on any atom is 0.0644 e. The van der Waals surface area contributed by atoms with Crippen molar-refractivity contribution in [3.63, 3.8) is 0 Å². The summed E-state index contributed by atoms with van der Waals surface area (Å²) in [4.78, 5) is 0. The second-order valence-electron chi connectivity index (χ2n) is 4.71. The first-order valence-electron chi connectivity index (χ1n) is 6.20. The molecule has 1 aliphatic heterocycles. The Hall–Kier alpha value is -0.870. The molecule has 0 aromatic carbocycles. The maximum atomic E-state index is 4.49. The van der Waals surface area contributed by atoms with Crippen molar-refractivity contribution in [2.45, 2.75) is 31.7 Å². The number of rotatable bonds is 4. The average Bonchev–Trinajstić information content (AvgIpc) is 2.80. The Morgan fingerprint density at radius 1 is 1.69 bits per heavy atom. The molecule has 0 saturated carbocycles. The molecule has 0 amide bonds. The van der Waals surface area contributed by atoms with Gasteiger partial charge >= 0.3 is 0 Å². The normalized spacial score (nSPS) is 23.2. The van der Waals surface area contributed by atoms with Gasteiger partial charge in [0.15, 0.2) is 0 Å². The van der Waals surface area contributed by atoms with Crippen LogP contribution in [0, 0.1) is 0 Å². The highest BCUT2D eigenvalue weighted by atomic mass is 15.3. The van der Waals surface area contributed by atoms with E-state index in [1.807, 2.05) is 13.2 Å². The molecule has 0 aliphatic carbocycles. The Morgan fingerprint density at radius 2 is 2.56 bits per heavy atom. The van der Waals surface area contributed by atoms with Crippen molar-refractivity contribution in [1.82, 2.24) is 20.4 Å². The molecule has 4 nitrogen and oxygen atoms in total. The molecule has 2 rings (SSSR count). The van der Waals surface area contributed by atoms with Gasteiger partial charge in [-0.05, 0) is 37.9 Å². The number of piperidine rings is 1. The van der Waals surface area contributed by atoms with Crippen LogP contribution in [0.3, 0.4) is 0 Å². The zero-order chi connectivity index (χ0) is 11.4. The summed E-state index contributed by atoms with van der Waals surface area (Å²) < 4.78 is 2.13. The summed E-state index contributed by atoms with van der Waals surface area (Å²) in [5, 5.41) is 11.1. The Balaban J connectivity index is 2.00. The second kappa shape index (κ2) is 5.46. The lowest BCUT2D eigenvalue weighted by Gasteiger charge is -2.23. The van der Waals surface area contributed by atoms with Gasteiger partial charge in [-0.3, -0.25) is 4.68 Å². The van der Waals surface area contributed by atoms with Crippen LogP contribution in [0.25, 0.3) is 0 Å². The molecule has 2 unspecified atom stereocenters. The van der Waals surface area contributed by atoms with Crippen molar-refractivity contribution in [2.75, 3.05) is 26.7 Å². The summed E-state index contributed by atoms with van der Waals surface area (Å²) in [7, 11) is 1.99. The largest absolute Gasteiger partial charge is 0.319 e. The summed E-state index contributed by atoms with van der Waals surface area (Å²) in [6, 6.07) is 0.546. The number of likely N-dealkylation sites (N-methyl/N-ethyl adjacent to an activating group) is 1. The van der Waals surface area contributed by atoms with Gasteiger partial charge in [-0.15, -0.1) is 0 Å². The first-order chi connectivity index (χ1) is 7.81. The van der Waals surface area contributed by atoms with Crippen LogP contribution in [0.4, 0.5) is 0 Å². The second-order valence-corrected chi connectivity index (χ2v) is 4.71. The van der Waals surface area contributed by atoms with E-state index >= 15 is 0 Å². The van der Waals surface area contributed by atoms with Crippen LogP contribution < -0.4 is 10.6 Å². The molecule has 1 aliphatic rings. The molecule has 0 radical (unpaired) electrons. The van der Waals surface area contributed by atoms with Crippen LogP contribution in [0.2, 0.25) is 0 Å². The number of hydrogen-bond acceptors (Lipinski definition) is 3. The van der Waals surface area contributed by atoms with Crippen LogP contribution in [0.15, 0.2) is 12.4 Å². The van der Waals surface area contributed by atoms with Gasteiger partial charge in [0.25, 0.3) is 0 Å². The summed E-state index contributed by atoms with van der Waals surface area (Å²) in [5.41, 5.74) is 1.33. The van der Waals surface area contributed by atoms with Gasteiger partial charge in [0.2, 0.25) is 0 Å². The van der Waals surface area contributed by atoms with Crippen molar-refractivity contribution in [1.29, 1.82) is 0 Å². The van der Waals surface area contributed by atoms with Gasteiger partial charge in [0.05, 0.1) is 12.2 Å². The van der Waals surface area contributed by atoms with E-state index in [2.05, 4.69) is 33.5 Å². The lowest BCUT2D eigenvalue weighted by Crippen LogP contribution is -2.31. The van der Waals surface area contributed by atoms with E-state index in [1.165, 1.54) is 18.4 Å². The summed E-state index contributed by atoms with van der Waals surface area (Å²) in [6.07, 6.45) is 6.72. The smallest absolute Gasteiger partial charge is 0.0644 e. The quantitative estimate of drug-likeness (QED) is 0.802. The third kappa shape index (κ3) is 2.62. The highest BCUT2D eigenvalue weighted by Crippen LogP contribution is 2.19. The number of hydrogen-bond donors (Lipinski definition) is 2. The molecule has 4 heteroatoms. The van der Waals surface area contributed by atoms with Crippen LogP contribution in [0.5, 0.6) is 0 Å². The van der Waals surface area contributed by atoms with Crippen molar-refractivity contribution >= 4 is 0 Å². The van der Waals surface area contributed by atoms with Gasteiger partial charge in [-0.25, -0.2) is 0 Å². The molecule has 1 aromatic rings.